The minimum absolute atomic E-state index is 0.203. The number of carbonyl (C=O) groups excluding carboxylic acids is 2. The van der Waals surface area contributed by atoms with Crippen molar-refractivity contribution in [1.82, 2.24) is 0 Å². The maximum Gasteiger partial charge on any atom is 0.303 e. The number of rotatable bonds is 5. The zero-order chi connectivity index (χ0) is 15.2. The van der Waals surface area contributed by atoms with Gasteiger partial charge in [-0.3, -0.25) is 9.59 Å². The van der Waals surface area contributed by atoms with Crippen molar-refractivity contribution in [3.8, 4) is 11.1 Å². The van der Waals surface area contributed by atoms with Crippen LogP contribution in [0.2, 0.25) is 0 Å². The van der Waals surface area contributed by atoms with Gasteiger partial charge in [0.2, 0.25) is 5.78 Å². The Morgan fingerprint density at radius 3 is 2.33 bits per heavy atom. The van der Waals surface area contributed by atoms with Crippen LogP contribution >= 0.6 is 15.9 Å². The molecule has 0 atom stereocenters. The van der Waals surface area contributed by atoms with E-state index in [1.165, 1.54) is 12.5 Å². The van der Waals surface area contributed by atoms with E-state index < -0.39 is 5.97 Å². The molecular formula is C17H15BrO3. The number of ether oxygens (including phenoxy) is 1. The van der Waals surface area contributed by atoms with Crippen molar-refractivity contribution in [3.05, 3.63) is 59.7 Å². The second kappa shape index (κ2) is 7.18. The van der Waals surface area contributed by atoms with E-state index in [2.05, 4.69) is 15.9 Å². The Bertz CT molecular complexity index is 647. The minimum Gasteiger partial charge on any atom is -0.457 e. The van der Waals surface area contributed by atoms with E-state index >= 15 is 0 Å². The lowest BCUT2D eigenvalue weighted by molar-refractivity contribution is -0.139. The summed E-state index contributed by atoms with van der Waals surface area (Å²) in [4.78, 5) is 23.0. The molecular weight excluding hydrogens is 332 g/mol. The standard InChI is InChI=1S/C17H15BrO3/c1-12(19)21-11-17(20)16-5-3-2-4-15(16)14-8-6-13(10-18)7-9-14/h2-9H,10-11H2,1H3. The lowest BCUT2D eigenvalue weighted by Crippen LogP contribution is -2.12. The Balaban J connectivity index is 2.31. The third kappa shape index (κ3) is 4.02. The van der Waals surface area contributed by atoms with E-state index in [-0.39, 0.29) is 12.4 Å². The largest absolute Gasteiger partial charge is 0.457 e. The van der Waals surface area contributed by atoms with Gasteiger partial charge in [0.15, 0.2) is 6.61 Å². The number of hydrogen-bond donors (Lipinski definition) is 0. The minimum atomic E-state index is -0.456. The van der Waals surface area contributed by atoms with E-state index in [0.717, 1.165) is 16.5 Å². The van der Waals surface area contributed by atoms with E-state index in [1.807, 2.05) is 36.4 Å². The lowest BCUT2D eigenvalue weighted by atomic mass is 9.96. The number of hydrogen-bond acceptors (Lipinski definition) is 3. The van der Waals surface area contributed by atoms with Crippen LogP contribution in [0.4, 0.5) is 0 Å². The van der Waals surface area contributed by atoms with Gasteiger partial charge in [-0.25, -0.2) is 0 Å². The molecule has 0 saturated carbocycles. The van der Waals surface area contributed by atoms with Gasteiger partial charge in [0.1, 0.15) is 0 Å². The maximum absolute atomic E-state index is 12.2. The number of esters is 1. The molecule has 0 heterocycles. The van der Waals surface area contributed by atoms with Crippen LogP contribution in [0.25, 0.3) is 11.1 Å². The van der Waals surface area contributed by atoms with Crippen LogP contribution in [0.1, 0.15) is 22.8 Å². The molecule has 21 heavy (non-hydrogen) atoms. The number of carbonyl (C=O) groups is 2. The predicted octanol–water partition coefficient (Wildman–Crippen LogP) is 3.99. The first kappa shape index (κ1) is 15.4. The normalized spacial score (nSPS) is 10.2. The van der Waals surface area contributed by atoms with Gasteiger partial charge >= 0.3 is 5.97 Å². The van der Waals surface area contributed by atoms with Crippen LogP contribution in [0.3, 0.4) is 0 Å². The molecule has 0 fully saturated rings. The third-order valence-electron chi connectivity index (χ3n) is 3.05. The summed E-state index contributed by atoms with van der Waals surface area (Å²) < 4.78 is 4.79. The zero-order valence-corrected chi connectivity index (χ0v) is 13.2. The highest BCUT2D eigenvalue weighted by Crippen LogP contribution is 2.25. The molecule has 0 spiro atoms. The molecule has 0 N–H and O–H groups in total. The molecule has 0 bridgehead atoms. The first-order valence-corrected chi connectivity index (χ1v) is 7.65. The second-order valence-corrected chi connectivity index (χ2v) is 5.14. The zero-order valence-electron chi connectivity index (χ0n) is 11.6. The second-order valence-electron chi connectivity index (χ2n) is 4.58. The van der Waals surface area contributed by atoms with Crippen LogP contribution < -0.4 is 0 Å². The van der Waals surface area contributed by atoms with Crippen molar-refractivity contribution in [2.45, 2.75) is 12.3 Å². The molecule has 3 nitrogen and oxygen atoms in total. The first-order valence-electron chi connectivity index (χ1n) is 6.52. The molecule has 108 valence electrons. The Kier molecular flexibility index (Phi) is 5.28. The van der Waals surface area contributed by atoms with Crippen molar-refractivity contribution in [2.24, 2.45) is 0 Å². The molecule has 2 aromatic carbocycles. The monoisotopic (exact) mass is 346 g/mol. The van der Waals surface area contributed by atoms with Gasteiger partial charge < -0.3 is 4.74 Å². The molecule has 0 aliphatic carbocycles. The summed E-state index contributed by atoms with van der Waals surface area (Å²) >= 11 is 3.41. The lowest BCUT2D eigenvalue weighted by Gasteiger charge is -2.09. The first-order chi connectivity index (χ1) is 10.1. The van der Waals surface area contributed by atoms with Crippen molar-refractivity contribution in [3.63, 3.8) is 0 Å². The number of halogens is 1. The predicted molar refractivity (Wildman–Crippen MR) is 85.5 cm³/mol. The molecule has 0 aromatic heterocycles. The number of benzene rings is 2. The number of alkyl halides is 1. The fraction of sp³-hybridized carbons (Fsp3) is 0.176. The molecule has 2 aromatic rings. The molecule has 0 unspecified atom stereocenters. The van der Waals surface area contributed by atoms with Crippen LogP contribution in [0.15, 0.2) is 48.5 Å². The summed E-state index contributed by atoms with van der Waals surface area (Å²) in [6, 6.07) is 15.3. The van der Waals surface area contributed by atoms with Gasteiger partial charge in [-0.2, -0.15) is 0 Å². The van der Waals surface area contributed by atoms with Gasteiger partial charge in [0.25, 0.3) is 0 Å². The van der Waals surface area contributed by atoms with Gasteiger partial charge in [-0.1, -0.05) is 64.5 Å². The highest BCUT2D eigenvalue weighted by Gasteiger charge is 2.13. The van der Waals surface area contributed by atoms with Gasteiger partial charge in [-0.05, 0) is 16.7 Å². The van der Waals surface area contributed by atoms with Crippen LogP contribution in [0, 0.1) is 0 Å². The average molecular weight is 347 g/mol. The van der Waals surface area contributed by atoms with Gasteiger partial charge in [0.05, 0.1) is 0 Å². The average Bonchev–Trinajstić information content (AvgIpc) is 2.52. The van der Waals surface area contributed by atoms with Crippen LogP contribution in [-0.2, 0) is 14.9 Å². The van der Waals surface area contributed by atoms with Crippen molar-refractivity contribution in [2.75, 3.05) is 6.61 Å². The Morgan fingerprint density at radius 1 is 1.05 bits per heavy atom. The molecule has 0 radical (unpaired) electrons. The highest BCUT2D eigenvalue weighted by molar-refractivity contribution is 9.08. The summed E-state index contributed by atoms with van der Waals surface area (Å²) in [6.07, 6.45) is 0. The summed E-state index contributed by atoms with van der Waals surface area (Å²) in [5.41, 5.74) is 3.54. The highest BCUT2D eigenvalue weighted by atomic mass is 79.9. The number of Topliss-reactive ketones (excluding diaryl/α,β-unsaturated/α-hetero) is 1. The topological polar surface area (TPSA) is 43.4 Å². The smallest absolute Gasteiger partial charge is 0.303 e. The summed E-state index contributed by atoms with van der Waals surface area (Å²) in [5.74, 6) is -0.659. The fourth-order valence-electron chi connectivity index (χ4n) is 2.00. The van der Waals surface area contributed by atoms with Gasteiger partial charge in [0, 0.05) is 17.8 Å². The van der Waals surface area contributed by atoms with Crippen molar-refractivity contribution < 1.29 is 14.3 Å². The fourth-order valence-corrected chi connectivity index (χ4v) is 2.37. The summed E-state index contributed by atoms with van der Waals surface area (Å²) in [5, 5.41) is 0.792. The van der Waals surface area contributed by atoms with Crippen LogP contribution in [0.5, 0.6) is 0 Å². The third-order valence-corrected chi connectivity index (χ3v) is 3.70. The van der Waals surface area contributed by atoms with Crippen LogP contribution in [-0.4, -0.2) is 18.4 Å². The Labute approximate surface area is 132 Å². The Hall–Kier alpha value is -1.94. The molecule has 0 amide bonds. The van der Waals surface area contributed by atoms with E-state index in [9.17, 15) is 9.59 Å². The summed E-state index contributed by atoms with van der Waals surface area (Å²) in [7, 11) is 0. The maximum atomic E-state index is 12.2. The van der Waals surface area contributed by atoms with E-state index in [4.69, 9.17) is 4.74 Å². The van der Waals surface area contributed by atoms with Gasteiger partial charge in [-0.15, -0.1) is 0 Å². The molecule has 2 rings (SSSR count). The Morgan fingerprint density at radius 2 is 1.71 bits per heavy atom. The van der Waals surface area contributed by atoms with Crippen molar-refractivity contribution >= 4 is 27.7 Å². The molecule has 4 heteroatoms. The quantitative estimate of drug-likeness (QED) is 0.467. The molecule has 0 saturated heterocycles. The molecule has 0 aliphatic rings. The molecule has 0 aliphatic heterocycles. The summed E-state index contributed by atoms with van der Waals surface area (Å²) in [6.45, 7) is 1.06. The number of ketones is 1. The van der Waals surface area contributed by atoms with E-state index in [0.29, 0.717) is 5.56 Å². The van der Waals surface area contributed by atoms with Crippen molar-refractivity contribution in [1.29, 1.82) is 0 Å². The SMILES string of the molecule is CC(=O)OCC(=O)c1ccccc1-c1ccc(CBr)cc1. The van der Waals surface area contributed by atoms with E-state index in [1.54, 1.807) is 12.1 Å².